The first-order valence-corrected chi connectivity index (χ1v) is 11.3. The van der Waals surface area contributed by atoms with E-state index in [1.54, 1.807) is 0 Å². The van der Waals surface area contributed by atoms with Gasteiger partial charge in [-0.05, 0) is 53.1 Å². The van der Waals surface area contributed by atoms with Gasteiger partial charge in [-0.25, -0.2) is 0 Å². The van der Waals surface area contributed by atoms with Crippen LogP contribution in [0.15, 0.2) is 48.5 Å². The summed E-state index contributed by atoms with van der Waals surface area (Å²) in [5.41, 5.74) is 2.35. The van der Waals surface area contributed by atoms with Gasteiger partial charge in [-0.15, -0.1) is 0 Å². The average molecular weight is 429 g/mol. The zero-order chi connectivity index (χ0) is 21.0. The minimum absolute atomic E-state index is 0.0959. The molecule has 154 valence electrons. The molecule has 1 fully saturated rings. The van der Waals surface area contributed by atoms with Gasteiger partial charge >= 0.3 is 0 Å². The summed E-state index contributed by atoms with van der Waals surface area (Å²) in [6, 6.07) is 19.2. The van der Waals surface area contributed by atoms with Crippen molar-refractivity contribution < 1.29 is 0 Å². The van der Waals surface area contributed by atoms with Crippen LogP contribution < -0.4 is 5.32 Å². The standard InChI is InChI=1S/C25H30Cl2N2/c1-4-17(5-2)24-25(3,13-14-28)16-22(19-7-6-8-21(27)15-19)23(29-24)18-9-11-20(26)12-10-18/h6-12,15,17,22-24,29H,4-5,13,16H2,1-3H3/t22-,23-,24?,25-/m1/s1. The van der Waals surface area contributed by atoms with Crippen LogP contribution >= 0.6 is 23.2 Å². The van der Waals surface area contributed by atoms with E-state index in [0.29, 0.717) is 12.3 Å². The van der Waals surface area contributed by atoms with Crippen LogP contribution in [-0.2, 0) is 0 Å². The number of nitrogens with one attached hydrogen (secondary N) is 1. The van der Waals surface area contributed by atoms with Gasteiger partial charge in [-0.2, -0.15) is 5.26 Å². The highest BCUT2D eigenvalue weighted by molar-refractivity contribution is 6.30. The van der Waals surface area contributed by atoms with E-state index >= 15 is 0 Å². The van der Waals surface area contributed by atoms with E-state index in [0.717, 1.165) is 29.3 Å². The summed E-state index contributed by atoms with van der Waals surface area (Å²) in [4.78, 5) is 0. The van der Waals surface area contributed by atoms with Crippen molar-refractivity contribution in [1.29, 1.82) is 5.26 Å². The summed E-state index contributed by atoms with van der Waals surface area (Å²) in [7, 11) is 0. The number of benzene rings is 2. The van der Waals surface area contributed by atoms with Crippen LogP contribution in [0.3, 0.4) is 0 Å². The van der Waals surface area contributed by atoms with Gasteiger partial charge in [-0.3, -0.25) is 0 Å². The normalized spacial score (nSPS) is 27.0. The van der Waals surface area contributed by atoms with Crippen LogP contribution in [0.4, 0.5) is 0 Å². The number of piperidine rings is 1. The van der Waals surface area contributed by atoms with E-state index in [4.69, 9.17) is 23.2 Å². The third-order valence-corrected chi connectivity index (χ3v) is 7.19. The molecule has 4 atom stereocenters. The number of halogens is 2. The molecule has 1 aliphatic rings. The molecule has 0 aromatic heterocycles. The summed E-state index contributed by atoms with van der Waals surface area (Å²) >= 11 is 12.5. The molecule has 2 nitrogen and oxygen atoms in total. The van der Waals surface area contributed by atoms with Gasteiger partial charge in [-0.1, -0.05) is 81.1 Å². The maximum atomic E-state index is 9.63. The van der Waals surface area contributed by atoms with E-state index in [-0.39, 0.29) is 23.4 Å². The Morgan fingerprint density at radius 1 is 1.07 bits per heavy atom. The Labute approximate surface area is 185 Å². The van der Waals surface area contributed by atoms with Crippen LogP contribution in [0.25, 0.3) is 0 Å². The van der Waals surface area contributed by atoms with Gasteiger partial charge in [0.25, 0.3) is 0 Å². The van der Waals surface area contributed by atoms with Crippen molar-refractivity contribution in [2.75, 3.05) is 0 Å². The van der Waals surface area contributed by atoms with Crippen molar-refractivity contribution in [3.8, 4) is 6.07 Å². The van der Waals surface area contributed by atoms with E-state index < -0.39 is 0 Å². The number of nitrogens with zero attached hydrogens (tertiary/aromatic N) is 1. The van der Waals surface area contributed by atoms with Gasteiger partial charge < -0.3 is 5.32 Å². The van der Waals surface area contributed by atoms with E-state index in [2.05, 4.69) is 56.4 Å². The van der Waals surface area contributed by atoms with Crippen LogP contribution in [0, 0.1) is 22.7 Å². The fourth-order valence-electron chi connectivity index (χ4n) is 5.13. The van der Waals surface area contributed by atoms with Crippen LogP contribution in [0.1, 0.15) is 69.5 Å². The molecule has 1 unspecified atom stereocenters. The third kappa shape index (κ3) is 4.80. The molecule has 0 spiro atoms. The Morgan fingerprint density at radius 2 is 1.76 bits per heavy atom. The second-order valence-electron chi connectivity index (χ2n) is 8.60. The lowest BCUT2D eigenvalue weighted by Crippen LogP contribution is -2.55. The van der Waals surface area contributed by atoms with Crippen LogP contribution in [0.2, 0.25) is 10.0 Å². The molecule has 2 aromatic carbocycles. The zero-order valence-electron chi connectivity index (χ0n) is 17.5. The summed E-state index contributed by atoms with van der Waals surface area (Å²) in [6.45, 7) is 6.79. The van der Waals surface area contributed by atoms with Crippen molar-refractivity contribution in [1.82, 2.24) is 5.32 Å². The van der Waals surface area contributed by atoms with Gasteiger partial charge in [0, 0.05) is 34.5 Å². The molecule has 29 heavy (non-hydrogen) atoms. The fraction of sp³-hybridized carbons (Fsp3) is 0.480. The predicted molar refractivity (Wildman–Crippen MR) is 122 cm³/mol. The monoisotopic (exact) mass is 428 g/mol. The molecule has 0 bridgehead atoms. The number of hydrogen-bond donors (Lipinski definition) is 1. The van der Waals surface area contributed by atoms with Crippen molar-refractivity contribution in [2.24, 2.45) is 11.3 Å². The third-order valence-electron chi connectivity index (χ3n) is 6.71. The maximum Gasteiger partial charge on any atom is 0.0628 e. The second kappa shape index (κ2) is 9.52. The van der Waals surface area contributed by atoms with Crippen molar-refractivity contribution >= 4 is 23.2 Å². The SMILES string of the molecule is CCC(CC)C1N[C@H](c2ccc(Cl)cc2)[C@@H](c2cccc(Cl)c2)C[C@@]1(C)CC#N. The highest BCUT2D eigenvalue weighted by Gasteiger charge is 2.47. The fourth-order valence-corrected chi connectivity index (χ4v) is 5.46. The molecule has 4 heteroatoms. The van der Waals surface area contributed by atoms with Gasteiger partial charge in [0.05, 0.1) is 6.07 Å². The quantitative estimate of drug-likeness (QED) is 0.515. The van der Waals surface area contributed by atoms with Gasteiger partial charge in [0.2, 0.25) is 0 Å². The molecular formula is C25H30Cl2N2. The molecule has 0 saturated carbocycles. The maximum absolute atomic E-state index is 9.63. The predicted octanol–water partition coefficient (Wildman–Crippen LogP) is 7.54. The molecular weight excluding hydrogens is 399 g/mol. The minimum Gasteiger partial charge on any atom is -0.306 e. The Balaban J connectivity index is 2.08. The van der Waals surface area contributed by atoms with E-state index in [1.165, 1.54) is 11.1 Å². The Bertz CT molecular complexity index is 854. The lowest BCUT2D eigenvalue weighted by Gasteiger charge is -2.51. The van der Waals surface area contributed by atoms with Crippen LogP contribution in [0.5, 0.6) is 0 Å². The van der Waals surface area contributed by atoms with Crippen LogP contribution in [-0.4, -0.2) is 6.04 Å². The second-order valence-corrected chi connectivity index (χ2v) is 9.48. The zero-order valence-corrected chi connectivity index (χ0v) is 19.0. The largest absolute Gasteiger partial charge is 0.306 e. The Kier molecular flexibility index (Phi) is 7.28. The minimum atomic E-state index is -0.0959. The summed E-state index contributed by atoms with van der Waals surface area (Å²) < 4.78 is 0. The lowest BCUT2D eigenvalue weighted by molar-refractivity contribution is 0.0664. The first-order valence-electron chi connectivity index (χ1n) is 10.6. The lowest BCUT2D eigenvalue weighted by atomic mass is 9.61. The molecule has 0 radical (unpaired) electrons. The first kappa shape index (κ1) is 22.2. The first-order chi connectivity index (χ1) is 13.9. The molecule has 1 saturated heterocycles. The van der Waals surface area contributed by atoms with Gasteiger partial charge in [0.15, 0.2) is 0 Å². The highest BCUT2D eigenvalue weighted by atomic mass is 35.5. The Hall–Kier alpha value is -1.53. The smallest absolute Gasteiger partial charge is 0.0628 e. The van der Waals surface area contributed by atoms with E-state index in [1.807, 2.05) is 24.3 Å². The molecule has 0 amide bonds. The summed E-state index contributed by atoms with van der Waals surface area (Å²) in [5.74, 6) is 0.766. The number of hydrogen-bond acceptors (Lipinski definition) is 2. The van der Waals surface area contributed by atoms with Crippen molar-refractivity contribution in [3.63, 3.8) is 0 Å². The van der Waals surface area contributed by atoms with Crippen molar-refractivity contribution in [2.45, 2.75) is 64.5 Å². The average Bonchev–Trinajstić information content (AvgIpc) is 2.71. The summed E-state index contributed by atoms with van der Waals surface area (Å²) in [6.07, 6.45) is 3.70. The van der Waals surface area contributed by atoms with Gasteiger partial charge in [0.1, 0.15) is 0 Å². The molecule has 1 aliphatic heterocycles. The van der Waals surface area contributed by atoms with E-state index in [9.17, 15) is 5.26 Å². The Morgan fingerprint density at radius 3 is 2.34 bits per heavy atom. The molecule has 2 aromatic rings. The molecule has 3 rings (SSSR count). The summed E-state index contributed by atoms with van der Waals surface area (Å²) in [5, 5.41) is 15.1. The molecule has 1 N–H and O–H groups in total. The highest BCUT2D eigenvalue weighted by Crippen LogP contribution is 2.51. The number of rotatable bonds is 6. The topological polar surface area (TPSA) is 35.8 Å². The molecule has 0 aliphatic carbocycles. The molecule has 1 heterocycles. The van der Waals surface area contributed by atoms with Crippen molar-refractivity contribution in [3.05, 3.63) is 69.7 Å². The number of nitriles is 1.